The lowest BCUT2D eigenvalue weighted by Gasteiger charge is -2.12. The molecule has 0 bridgehead atoms. The monoisotopic (exact) mass is 492 g/mol. The molecular weight excluding hydrogens is 471 g/mol. The first-order valence-corrected chi connectivity index (χ1v) is 11.9. The third-order valence-corrected chi connectivity index (χ3v) is 7.19. The average Bonchev–Trinajstić information content (AvgIpc) is 2.92. The molecule has 0 radical (unpaired) electrons. The van der Waals surface area contributed by atoms with E-state index in [1.54, 1.807) is 6.07 Å². The third-order valence-electron chi connectivity index (χ3n) is 5.39. The van der Waals surface area contributed by atoms with E-state index in [0.29, 0.717) is 32.2 Å². The van der Waals surface area contributed by atoms with E-state index in [0.717, 1.165) is 48.2 Å². The molecule has 1 aromatic carbocycles. The minimum atomic E-state index is -0.438. The van der Waals surface area contributed by atoms with Crippen LogP contribution in [0.4, 0.5) is 5.00 Å². The van der Waals surface area contributed by atoms with Gasteiger partial charge in [0.1, 0.15) is 10.5 Å². The Kier molecular flexibility index (Phi) is 6.88. The van der Waals surface area contributed by atoms with Crippen LogP contribution in [0.2, 0.25) is 10.0 Å². The fourth-order valence-corrected chi connectivity index (χ4v) is 5.74. The predicted octanol–water partition coefficient (Wildman–Crippen LogP) is 5.98. The molecule has 3 aromatic rings. The zero-order chi connectivity index (χ0) is 22.8. The van der Waals surface area contributed by atoms with Gasteiger partial charge in [0, 0.05) is 16.0 Å². The van der Waals surface area contributed by atoms with Gasteiger partial charge in [-0.2, -0.15) is 0 Å². The van der Waals surface area contributed by atoms with Crippen LogP contribution in [-0.2, 0) is 22.4 Å². The SMILES string of the molecule is COC(=O)c1c(NC(=O)COc2c(Cl)cc(Cl)c3ccc(C)nc23)sc2c1CCCCC2. The van der Waals surface area contributed by atoms with Crippen LogP contribution < -0.4 is 10.1 Å². The molecule has 1 N–H and O–H groups in total. The maximum absolute atomic E-state index is 12.7. The van der Waals surface area contributed by atoms with Crippen molar-refractivity contribution < 1.29 is 19.1 Å². The second-order valence-corrected chi connectivity index (χ2v) is 9.53. The number of hydrogen-bond acceptors (Lipinski definition) is 6. The summed E-state index contributed by atoms with van der Waals surface area (Å²) in [5.41, 5.74) is 2.71. The number of nitrogens with zero attached hydrogens (tertiary/aromatic N) is 1. The Morgan fingerprint density at radius 3 is 2.72 bits per heavy atom. The van der Waals surface area contributed by atoms with E-state index in [4.69, 9.17) is 32.7 Å². The zero-order valence-corrected chi connectivity index (χ0v) is 20.0. The van der Waals surface area contributed by atoms with Crippen molar-refractivity contribution in [2.75, 3.05) is 19.0 Å². The first-order chi connectivity index (χ1) is 15.4. The van der Waals surface area contributed by atoms with Gasteiger partial charge in [0.2, 0.25) is 0 Å². The van der Waals surface area contributed by atoms with Gasteiger partial charge in [-0.3, -0.25) is 4.79 Å². The minimum absolute atomic E-state index is 0.270. The van der Waals surface area contributed by atoms with Gasteiger partial charge in [0.25, 0.3) is 5.91 Å². The molecule has 1 aliphatic carbocycles. The number of ether oxygens (including phenoxy) is 2. The van der Waals surface area contributed by atoms with Crippen molar-refractivity contribution in [3.05, 3.63) is 49.9 Å². The maximum Gasteiger partial charge on any atom is 0.341 e. The van der Waals surface area contributed by atoms with Crippen LogP contribution in [0.3, 0.4) is 0 Å². The van der Waals surface area contributed by atoms with Crippen molar-refractivity contribution in [1.29, 1.82) is 0 Å². The molecule has 1 amide bonds. The summed E-state index contributed by atoms with van der Waals surface area (Å²) in [7, 11) is 1.35. The van der Waals surface area contributed by atoms with Crippen molar-refractivity contribution in [3.63, 3.8) is 0 Å². The quantitative estimate of drug-likeness (QED) is 0.349. The Balaban J connectivity index is 1.57. The van der Waals surface area contributed by atoms with E-state index < -0.39 is 11.9 Å². The van der Waals surface area contributed by atoms with Crippen molar-refractivity contribution >= 4 is 62.3 Å². The number of benzene rings is 1. The number of thiophene rings is 1. The van der Waals surface area contributed by atoms with E-state index in [1.807, 2.05) is 19.1 Å². The van der Waals surface area contributed by atoms with Crippen LogP contribution in [0.5, 0.6) is 5.75 Å². The van der Waals surface area contributed by atoms with E-state index >= 15 is 0 Å². The number of carbonyl (C=O) groups excluding carboxylic acids is 2. The van der Waals surface area contributed by atoms with E-state index in [2.05, 4.69) is 10.3 Å². The first kappa shape index (κ1) is 22.8. The van der Waals surface area contributed by atoms with Crippen molar-refractivity contribution in [3.8, 4) is 5.75 Å². The number of amides is 1. The van der Waals surface area contributed by atoms with Crippen LogP contribution in [0, 0.1) is 6.92 Å². The number of anilines is 1. The normalized spacial score (nSPS) is 13.4. The fraction of sp³-hybridized carbons (Fsp3) is 0.348. The van der Waals surface area contributed by atoms with Crippen LogP contribution in [-0.4, -0.2) is 30.6 Å². The summed E-state index contributed by atoms with van der Waals surface area (Å²) in [6, 6.07) is 5.25. The molecule has 168 valence electrons. The number of rotatable bonds is 5. The molecule has 0 saturated heterocycles. The van der Waals surface area contributed by atoms with Gasteiger partial charge < -0.3 is 14.8 Å². The Hall–Kier alpha value is -2.35. The molecule has 2 heterocycles. The Morgan fingerprint density at radius 2 is 1.94 bits per heavy atom. The van der Waals surface area contributed by atoms with Gasteiger partial charge in [-0.05, 0) is 56.4 Å². The summed E-state index contributed by atoms with van der Waals surface area (Å²) in [6.45, 7) is 1.55. The van der Waals surface area contributed by atoms with Crippen LogP contribution in [0.25, 0.3) is 10.9 Å². The number of pyridine rings is 1. The lowest BCUT2D eigenvalue weighted by molar-refractivity contribution is -0.118. The van der Waals surface area contributed by atoms with Gasteiger partial charge >= 0.3 is 5.97 Å². The highest BCUT2D eigenvalue weighted by molar-refractivity contribution is 7.17. The van der Waals surface area contributed by atoms with Crippen LogP contribution in [0.1, 0.15) is 45.8 Å². The minimum Gasteiger partial charge on any atom is -0.480 e. The molecule has 9 heteroatoms. The molecular formula is C23H22Cl2N2O4S. The molecule has 1 aliphatic rings. The van der Waals surface area contributed by atoms with Gasteiger partial charge in [-0.15, -0.1) is 11.3 Å². The molecule has 2 aromatic heterocycles. The molecule has 32 heavy (non-hydrogen) atoms. The maximum atomic E-state index is 12.7. The highest BCUT2D eigenvalue weighted by atomic mass is 35.5. The second-order valence-electron chi connectivity index (χ2n) is 7.62. The Morgan fingerprint density at radius 1 is 1.16 bits per heavy atom. The number of hydrogen-bond donors (Lipinski definition) is 1. The molecule has 0 spiro atoms. The number of carbonyl (C=O) groups is 2. The van der Waals surface area contributed by atoms with E-state index in [9.17, 15) is 9.59 Å². The van der Waals surface area contributed by atoms with Gasteiger partial charge in [-0.25, -0.2) is 9.78 Å². The third kappa shape index (κ3) is 4.56. The number of esters is 1. The van der Waals surface area contributed by atoms with E-state index in [1.165, 1.54) is 18.4 Å². The number of halogens is 2. The Bertz CT molecular complexity index is 1210. The zero-order valence-electron chi connectivity index (χ0n) is 17.7. The molecule has 0 unspecified atom stereocenters. The van der Waals surface area contributed by atoms with Crippen molar-refractivity contribution in [2.24, 2.45) is 0 Å². The highest BCUT2D eigenvalue weighted by Gasteiger charge is 2.26. The van der Waals surface area contributed by atoms with E-state index in [-0.39, 0.29) is 11.6 Å². The molecule has 4 rings (SSSR count). The number of aryl methyl sites for hydroxylation is 2. The summed E-state index contributed by atoms with van der Waals surface area (Å²) < 4.78 is 10.8. The highest BCUT2D eigenvalue weighted by Crippen LogP contribution is 2.39. The van der Waals surface area contributed by atoms with Crippen molar-refractivity contribution in [1.82, 2.24) is 4.98 Å². The van der Waals surface area contributed by atoms with Crippen molar-refractivity contribution in [2.45, 2.75) is 39.0 Å². The van der Waals surface area contributed by atoms with Gasteiger partial charge in [0.15, 0.2) is 12.4 Å². The second kappa shape index (κ2) is 9.65. The first-order valence-electron chi connectivity index (χ1n) is 10.3. The molecule has 0 aliphatic heterocycles. The molecule has 0 saturated carbocycles. The Labute approximate surface area is 199 Å². The summed E-state index contributed by atoms with van der Waals surface area (Å²) in [4.78, 5) is 30.8. The summed E-state index contributed by atoms with van der Waals surface area (Å²) >= 11 is 14.0. The molecule has 0 fully saturated rings. The smallest absolute Gasteiger partial charge is 0.341 e. The fourth-order valence-electron chi connectivity index (χ4n) is 3.88. The van der Waals surface area contributed by atoms with Gasteiger partial charge in [-0.1, -0.05) is 29.6 Å². The van der Waals surface area contributed by atoms with Crippen LogP contribution in [0.15, 0.2) is 18.2 Å². The van der Waals surface area contributed by atoms with Gasteiger partial charge in [0.05, 0.1) is 22.7 Å². The largest absolute Gasteiger partial charge is 0.480 e. The number of aromatic nitrogens is 1. The topological polar surface area (TPSA) is 77.5 Å². The molecule has 6 nitrogen and oxygen atoms in total. The standard InChI is InChI=1S/C23H22Cl2N2O4S/c1-12-8-9-13-15(24)10-16(25)21(20(13)26-12)31-11-18(28)27-22-19(23(29)30-2)14-6-4-3-5-7-17(14)32-22/h8-10H,3-7,11H2,1-2H3,(H,27,28). The lowest BCUT2D eigenvalue weighted by atomic mass is 10.1. The predicted molar refractivity (Wildman–Crippen MR) is 128 cm³/mol. The lowest BCUT2D eigenvalue weighted by Crippen LogP contribution is -2.21. The number of fused-ring (bicyclic) bond motifs is 2. The number of methoxy groups -OCH3 is 1. The average molecular weight is 493 g/mol. The summed E-state index contributed by atoms with van der Waals surface area (Å²) in [5, 5.41) is 4.74. The summed E-state index contributed by atoms with van der Waals surface area (Å²) in [6.07, 6.45) is 4.91. The number of nitrogens with one attached hydrogen (secondary N) is 1. The van der Waals surface area contributed by atoms with Crippen LogP contribution >= 0.6 is 34.5 Å². The summed E-state index contributed by atoms with van der Waals surface area (Å²) in [5.74, 6) is -0.550. The molecule has 0 atom stereocenters.